The molecule has 0 saturated carbocycles. The van der Waals surface area contributed by atoms with Gasteiger partial charge >= 0.3 is 6.18 Å². The zero-order valence-electron chi connectivity index (χ0n) is 19.5. The van der Waals surface area contributed by atoms with Gasteiger partial charge in [0, 0.05) is 37.0 Å². The third kappa shape index (κ3) is 5.93. The first-order valence-corrected chi connectivity index (χ1v) is 11.9. The summed E-state index contributed by atoms with van der Waals surface area (Å²) in [4.78, 5) is 32.5. The summed E-state index contributed by atoms with van der Waals surface area (Å²) in [5.41, 5.74) is 0.128. The van der Waals surface area contributed by atoms with E-state index in [-0.39, 0.29) is 38.0 Å². The molecule has 0 aliphatic heterocycles. The van der Waals surface area contributed by atoms with Crippen LogP contribution >= 0.6 is 15.9 Å². The molecule has 4 aromatic rings. The second-order valence-electron chi connectivity index (χ2n) is 8.58. The highest BCUT2D eigenvalue weighted by Crippen LogP contribution is 2.36. The van der Waals surface area contributed by atoms with E-state index in [0.717, 1.165) is 22.9 Å². The number of nitrogens with zero attached hydrogens (tertiary/aromatic N) is 2. The van der Waals surface area contributed by atoms with E-state index in [9.17, 15) is 35.9 Å². The van der Waals surface area contributed by atoms with Gasteiger partial charge in [-0.3, -0.25) is 9.59 Å². The number of aromatic nitrogens is 3. The number of nitrogens with one attached hydrogen (secondary N) is 2. The maximum absolute atomic E-state index is 13.3. The number of alkyl halides is 5. The van der Waals surface area contributed by atoms with Gasteiger partial charge < -0.3 is 14.9 Å². The normalized spacial score (nSPS) is 12.8. The molecule has 1 aromatic carbocycles. The molecule has 0 aliphatic carbocycles. The van der Waals surface area contributed by atoms with Gasteiger partial charge in [-0.25, -0.2) is 18.2 Å². The fourth-order valence-electron chi connectivity index (χ4n) is 4.14. The number of H-pyrrole nitrogens is 1. The fourth-order valence-corrected chi connectivity index (χ4v) is 4.83. The van der Waals surface area contributed by atoms with Crippen LogP contribution in [0.3, 0.4) is 0 Å². The Labute approximate surface area is 219 Å². The Bertz CT molecular complexity index is 1550. The predicted molar refractivity (Wildman–Crippen MR) is 133 cm³/mol. The average molecular weight is 601 g/mol. The third-order valence-corrected chi connectivity index (χ3v) is 6.63. The monoisotopic (exact) mass is 600 g/mol. The third-order valence-electron chi connectivity index (χ3n) is 5.84. The summed E-state index contributed by atoms with van der Waals surface area (Å²) in [6.45, 7) is 0. The number of carbonyl (C=O) groups excluding carboxylic acids is 1. The smallest absolute Gasteiger partial charge is 0.353 e. The van der Waals surface area contributed by atoms with Crippen LogP contribution in [0.25, 0.3) is 22.2 Å². The molecule has 38 heavy (non-hydrogen) atoms. The summed E-state index contributed by atoms with van der Waals surface area (Å²) >= 11 is 3.30. The van der Waals surface area contributed by atoms with Gasteiger partial charge in [-0.05, 0) is 45.8 Å². The van der Waals surface area contributed by atoms with Crippen molar-refractivity contribution in [2.24, 2.45) is 7.05 Å². The van der Waals surface area contributed by atoms with Crippen LogP contribution in [-0.2, 0) is 18.3 Å². The zero-order chi connectivity index (χ0) is 27.8. The van der Waals surface area contributed by atoms with Crippen molar-refractivity contribution in [3.05, 3.63) is 80.6 Å². The number of hydrogen-bond donors (Lipinski definition) is 2. The predicted octanol–water partition coefficient (Wildman–Crippen LogP) is 6.31. The molecule has 0 bridgehead atoms. The Hall–Kier alpha value is -3.61. The van der Waals surface area contributed by atoms with Crippen molar-refractivity contribution in [1.82, 2.24) is 14.5 Å². The van der Waals surface area contributed by atoms with Crippen LogP contribution < -0.4 is 10.9 Å². The lowest BCUT2D eigenvalue weighted by atomic mass is 9.95. The molecule has 0 radical (unpaired) electrons. The number of anilines is 1. The minimum Gasteiger partial charge on any atom is -0.353 e. The molecular formula is C25H19BrF6N4O2. The molecule has 4 rings (SSSR count). The SMILES string of the molecule is Cn1cc(CC(F)(F)F)c2[nH]c(-c3ccnc(NC(=O)[C@H](CC(F)F)c4ccc(F)cc4)c3)c(Br)c2c1=O. The second kappa shape index (κ2) is 10.6. The minimum atomic E-state index is -4.52. The molecule has 1 amide bonds. The average Bonchev–Trinajstić information content (AvgIpc) is 3.18. The van der Waals surface area contributed by atoms with Crippen molar-refractivity contribution in [1.29, 1.82) is 0 Å². The van der Waals surface area contributed by atoms with Gasteiger partial charge in [0.05, 0.1) is 33.4 Å². The Morgan fingerprint density at radius 3 is 2.50 bits per heavy atom. The fraction of sp³-hybridized carbons (Fsp3) is 0.240. The molecule has 3 heterocycles. The number of aryl methyl sites for hydroxylation is 1. The largest absolute Gasteiger partial charge is 0.393 e. The van der Waals surface area contributed by atoms with Gasteiger partial charge in [-0.1, -0.05) is 12.1 Å². The van der Waals surface area contributed by atoms with Gasteiger partial charge in [0.2, 0.25) is 12.3 Å². The summed E-state index contributed by atoms with van der Waals surface area (Å²) in [7, 11) is 1.35. The number of amides is 1. The minimum absolute atomic E-state index is 0.00278. The molecule has 200 valence electrons. The molecule has 0 aliphatic rings. The topological polar surface area (TPSA) is 79.8 Å². The summed E-state index contributed by atoms with van der Waals surface area (Å²) in [6.07, 6.45) is -6.99. The zero-order valence-corrected chi connectivity index (χ0v) is 21.1. The van der Waals surface area contributed by atoms with Gasteiger partial charge in [-0.15, -0.1) is 0 Å². The van der Waals surface area contributed by atoms with Crippen molar-refractivity contribution < 1.29 is 31.1 Å². The van der Waals surface area contributed by atoms with E-state index in [4.69, 9.17) is 0 Å². The molecule has 0 saturated heterocycles. The number of pyridine rings is 2. The number of rotatable bonds is 7. The van der Waals surface area contributed by atoms with E-state index in [1.54, 1.807) is 0 Å². The highest BCUT2D eigenvalue weighted by molar-refractivity contribution is 9.10. The number of aromatic amines is 1. The standard InChI is InChI=1S/C25H19BrF6N4O2/c1-36-11-14(10-25(30,31)32)21-19(24(36)38)20(26)22(35-21)13-6-7-33-18(8-13)34-23(37)16(9-17(28)29)12-2-4-15(27)5-3-12/h2-8,11,16-17,35H,9-10H2,1H3,(H,33,34,37)/t16-/m1/s1. The van der Waals surface area contributed by atoms with Crippen LogP contribution in [0.5, 0.6) is 0 Å². The lowest BCUT2D eigenvalue weighted by Gasteiger charge is -2.17. The summed E-state index contributed by atoms with van der Waals surface area (Å²) < 4.78 is 80.5. The number of hydrogen-bond acceptors (Lipinski definition) is 3. The van der Waals surface area contributed by atoms with E-state index < -0.39 is 48.6 Å². The lowest BCUT2D eigenvalue weighted by molar-refractivity contribution is -0.127. The highest BCUT2D eigenvalue weighted by atomic mass is 79.9. The molecule has 3 aromatic heterocycles. The molecule has 0 unspecified atom stereocenters. The van der Waals surface area contributed by atoms with Gasteiger partial charge in [0.25, 0.3) is 5.56 Å². The van der Waals surface area contributed by atoms with Crippen molar-refractivity contribution in [3.63, 3.8) is 0 Å². The molecule has 1 atom stereocenters. The van der Waals surface area contributed by atoms with Crippen molar-refractivity contribution in [3.8, 4) is 11.3 Å². The van der Waals surface area contributed by atoms with Gasteiger partial charge in [0.15, 0.2) is 0 Å². The second-order valence-corrected chi connectivity index (χ2v) is 9.37. The van der Waals surface area contributed by atoms with Crippen LogP contribution in [0.2, 0.25) is 0 Å². The first kappa shape index (κ1) is 27.4. The van der Waals surface area contributed by atoms with Crippen LogP contribution in [-0.4, -0.2) is 33.0 Å². The maximum atomic E-state index is 13.3. The van der Waals surface area contributed by atoms with Crippen LogP contribution in [0.15, 0.2) is 58.1 Å². The Kier molecular flexibility index (Phi) is 7.68. The van der Waals surface area contributed by atoms with E-state index in [1.807, 2.05) is 0 Å². The van der Waals surface area contributed by atoms with Crippen LogP contribution in [0.1, 0.15) is 23.5 Å². The molecule has 13 heteroatoms. The van der Waals surface area contributed by atoms with E-state index >= 15 is 0 Å². The first-order valence-electron chi connectivity index (χ1n) is 11.1. The lowest BCUT2D eigenvalue weighted by Crippen LogP contribution is -2.23. The molecular weight excluding hydrogens is 582 g/mol. The summed E-state index contributed by atoms with van der Waals surface area (Å²) in [5, 5.41) is 2.48. The quantitative estimate of drug-likeness (QED) is 0.244. The van der Waals surface area contributed by atoms with E-state index in [0.29, 0.717) is 5.56 Å². The molecule has 6 nitrogen and oxygen atoms in total. The number of carbonyl (C=O) groups is 1. The molecule has 2 N–H and O–H groups in total. The molecule has 0 spiro atoms. The van der Waals surface area contributed by atoms with Crippen LogP contribution in [0, 0.1) is 5.82 Å². The van der Waals surface area contributed by atoms with Gasteiger partial charge in [0.1, 0.15) is 11.6 Å². The Morgan fingerprint density at radius 2 is 1.87 bits per heavy atom. The van der Waals surface area contributed by atoms with Crippen molar-refractivity contribution >= 4 is 38.6 Å². The van der Waals surface area contributed by atoms with Crippen molar-refractivity contribution in [2.75, 3.05) is 5.32 Å². The number of halogens is 7. The first-order chi connectivity index (χ1) is 17.8. The number of fused-ring (bicyclic) bond motifs is 1. The summed E-state index contributed by atoms with van der Waals surface area (Å²) in [6, 6.07) is 7.48. The van der Waals surface area contributed by atoms with Crippen LogP contribution in [0.4, 0.5) is 32.2 Å². The summed E-state index contributed by atoms with van der Waals surface area (Å²) in [5.74, 6) is -2.72. The maximum Gasteiger partial charge on any atom is 0.393 e. The number of benzene rings is 1. The Balaban J connectivity index is 1.71. The van der Waals surface area contributed by atoms with Gasteiger partial charge in [-0.2, -0.15) is 13.2 Å². The Morgan fingerprint density at radius 1 is 1.18 bits per heavy atom. The molecule has 0 fully saturated rings. The van der Waals surface area contributed by atoms with E-state index in [2.05, 4.69) is 31.2 Å². The highest BCUT2D eigenvalue weighted by Gasteiger charge is 2.31. The van der Waals surface area contributed by atoms with E-state index in [1.165, 1.54) is 37.5 Å². The van der Waals surface area contributed by atoms with Crippen molar-refractivity contribution in [2.45, 2.75) is 31.4 Å².